The number of non-ortho nitro benzene ring substituents is 1. The number of hydrogen-bond acceptors (Lipinski definition) is 7. The quantitative estimate of drug-likeness (QED) is 0.326. The fraction of sp³-hybridized carbons (Fsp3) is 0.368. The molecule has 9 heteroatoms. The zero-order chi connectivity index (χ0) is 19.7. The van der Waals surface area contributed by atoms with Crippen molar-refractivity contribution in [3.8, 4) is 11.4 Å². The number of nitrogens with zero attached hydrogens (tertiary/aromatic N) is 4. The van der Waals surface area contributed by atoms with E-state index in [1.807, 2.05) is 12.2 Å². The number of allylic oxidation sites excluding steroid dienone is 2. The van der Waals surface area contributed by atoms with Crippen LogP contribution in [0.2, 0.25) is 0 Å². The van der Waals surface area contributed by atoms with Gasteiger partial charge >= 0.3 is 0 Å². The van der Waals surface area contributed by atoms with Gasteiger partial charge in [-0.25, -0.2) is 0 Å². The summed E-state index contributed by atoms with van der Waals surface area (Å²) in [6.07, 6.45) is 6.10. The van der Waals surface area contributed by atoms with Crippen LogP contribution in [0.5, 0.6) is 0 Å². The summed E-state index contributed by atoms with van der Waals surface area (Å²) in [4.78, 5) is 40.9. The van der Waals surface area contributed by atoms with E-state index in [9.17, 15) is 19.7 Å². The number of rotatable bonds is 6. The van der Waals surface area contributed by atoms with Crippen molar-refractivity contribution in [2.45, 2.75) is 25.7 Å². The van der Waals surface area contributed by atoms with Gasteiger partial charge in [-0.05, 0) is 19.3 Å². The molecule has 0 bridgehead atoms. The third-order valence-electron chi connectivity index (χ3n) is 5.15. The molecule has 1 aliphatic heterocycles. The summed E-state index contributed by atoms with van der Waals surface area (Å²) >= 11 is 0. The van der Waals surface area contributed by atoms with Crippen molar-refractivity contribution in [1.82, 2.24) is 15.0 Å². The molecule has 0 radical (unpaired) electrons. The van der Waals surface area contributed by atoms with Crippen LogP contribution in [-0.4, -0.2) is 38.3 Å². The van der Waals surface area contributed by atoms with Crippen LogP contribution in [-0.2, 0) is 16.0 Å². The Morgan fingerprint density at radius 1 is 1.18 bits per heavy atom. The van der Waals surface area contributed by atoms with Crippen LogP contribution in [0.25, 0.3) is 11.4 Å². The lowest BCUT2D eigenvalue weighted by Gasteiger charge is -2.14. The number of nitro groups is 1. The summed E-state index contributed by atoms with van der Waals surface area (Å²) in [7, 11) is 0. The first-order valence-electron chi connectivity index (χ1n) is 9.12. The van der Waals surface area contributed by atoms with E-state index in [0.29, 0.717) is 43.7 Å². The first kappa shape index (κ1) is 18.0. The second kappa shape index (κ2) is 7.34. The number of aryl methyl sites for hydroxylation is 1. The number of amides is 2. The summed E-state index contributed by atoms with van der Waals surface area (Å²) < 4.78 is 5.20. The minimum Gasteiger partial charge on any atom is -0.339 e. The maximum Gasteiger partial charge on any atom is 0.270 e. The lowest BCUT2D eigenvalue weighted by atomic mass is 9.85. The highest BCUT2D eigenvalue weighted by atomic mass is 16.6. The molecule has 0 unspecified atom stereocenters. The fourth-order valence-corrected chi connectivity index (χ4v) is 3.71. The van der Waals surface area contributed by atoms with E-state index in [1.165, 1.54) is 17.0 Å². The van der Waals surface area contributed by atoms with Crippen LogP contribution in [0.1, 0.15) is 25.2 Å². The molecule has 144 valence electrons. The van der Waals surface area contributed by atoms with E-state index < -0.39 is 4.92 Å². The highest BCUT2D eigenvalue weighted by Gasteiger charge is 2.46. The van der Waals surface area contributed by atoms with E-state index >= 15 is 0 Å². The number of fused-ring (bicyclic) bond motifs is 1. The number of nitro benzene ring substituents is 1. The summed E-state index contributed by atoms with van der Waals surface area (Å²) in [5.74, 6) is -0.00381. The zero-order valence-corrected chi connectivity index (χ0v) is 15.0. The van der Waals surface area contributed by atoms with Gasteiger partial charge in [-0.1, -0.05) is 29.4 Å². The molecule has 28 heavy (non-hydrogen) atoms. The van der Waals surface area contributed by atoms with Gasteiger partial charge in [0.1, 0.15) is 0 Å². The number of carbonyl (C=O) groups is 2. The van der Waals surface area contributed by atoms with Crippen molar-refractivity contribution in [3.05, 3.63) is 52.4 Å². The molecular formula is C19H18N4O5. The number of hydrogen-bond donors (Lipinski definition) is 0. The SMILES string of the molecule is O=C1[C@H]2CC=CC[C@H]2C(=O)N1CCCc1nc(-c2cccc([N+](=O)[O-])c2)no1. The van der Waals surface area contributed by atoms with Crippen molar-refractivity contribution >= 4 is 17.5 Å². The Bertz CT molecular complexity index is 941. The molecule has 2 amide bonds. The van der Waals surface area contributed by atoms with Gasteiger partial charge in [-0.15, -0.1) is 0 Å². The number of carbonyl (C=O) groups excluding carboxylic acids is 2. The van der Waals surface area contributed by atoms with Crippen molar-refractivity contribution in [3.63, 3.8) is 0 Å². The molecule has 0 saturated carbocycles. The lowest BCUT2D eigenvalue weighted by molar-refractivity contribution is -0.384. The molecule has 0 spiro atoms. The van der Waals surface area contributed by atoms with Gasteiger partial charge in [-0.2, -0.15) is 4.98 Å². The third kappa shape index (κ3) is 3.30. The van der Waals surface area contributed by atoms with Gasteiger partial charge in [0.25, 0.3) is 5.69 Å². The standard InChI is InChI=1S/C19H18N4O5/c24-18-14-7-1-2-8-15(14)19(25)22(18)10-4-9-16-20-17(21-28-16)12-5-3-6-13(11-12)23(26)27/h1-3,5-6,11,14-15H,4,7-10H2/t14-,15+. The monoisotopic (exact) mass is 382 g/mol. The largest absolute Gasteiger partial charge is 0.339 e. The van der Waals surface area contributed by atoms with Gasteiger partial charge in [0.05, 0.1) is 16.8 Å². The highest BCUT2D eigenvalue weighted by molar-refractivity contribution is 6.05. The van der Waals surface area contributed by atoms with Gasteiger partial charge in [0.15, 0.2) is 0 Å². The minimum absolute atomic E-state index is 0.0501. The smallest absolute Gasteiger partial charge is 0.270 e. The van der Waals surface area contributed by atoms with Gasteiger partial charge in [-0.3, -0.25) is 24.6 Å². The van der Waals surface area contributed by atoms with E-state index in [4.69, 9.17) is 4.52 Å². The molecule has 0 N–H and O–H groups in total. The fourth-order valence-electron chi connectivity index (χ4n) is 3.71. The predicted molar refractivity (Wildman–Crippen MR) is 96.8 cm³/mol. The molecule has 1 aromatic heterocycles. The average Bonchev–Trinajstić information content (AvgIpc) is 3.27. The Labute approximate surface area is 160 Å². The first-order chi connectivity index (χ1) is 13.5. The number of imide groups is 1. The lowest BCUT2D eigenvalue weighted by Crippen LogP contribution is -2.32. The summed E-state index contributed by atoms with van der Waals surface area (Å²) in [5.41, 5.74) is 0.441. The second-order valence-corrected chi connectivity index (χ2v) is 6.91. The van der Waals surface area contributed by atoms with Crippen LogP contribution in [0.15, 0.2) is 40.9 Å². The topological polar surface area (TPSA) is 119 Å². The molecule has 1 aliphatic carbocycles. The summed E-state index contributed by atoms with van der Waals surface area (Å²) in [6, 6.07) is 6.00. The molecule has 2 heterocycles. The number of likely N-dealkylation sites (tertiary alicyclic amines) is 1. The molecule has 4 rings (SSSR count). The highest BCUT2D eigenvalue weighted by Crippen LogP contribution is 2.35. The molecule has 1 fully saturated rings. The molecule has 2 atom stereocenters. The van der Waals surface area contributed by atoms with E-state index in [1.54, 1.807) is 12.1 Å². The Morgan fingerprint density at radius 2 is 1.89 bits per heavy atom. The van der Waals surface area contributed by atoms with Gasteiger partial charge in [0, 0.05) is 30.7 Å². The normalized spacial score (nSPS) is 21.2. The summed E-state index contributed by atoms with van der Waals surface area (Å²) in [6.45, 7) is 0.319. The van der Waals surface area contributed by atoms with Crippen molar-refractivity contribution in [1.29, 1.82) is 0 Å². The number of benzene rings is 1. The van der Waals surface area contributed by atoms with Crippen LogP contribution >= 0.6 is 0 Å². The van der Waals surface area contributed by atoms with Crippen molar-refractivity contribution in [2.75, 3.05) is 6.54 Å². The Kier molecular flexibility index (Phi) is 4.72. The molecule has 1 saturated heterocycles. The number of aromatic nitrogens is 2. The summed E-state index contributed by atoms with van der Waals surface area (Å²) in [5, 5.41) is 14.7. The van der Waals surface area contributed by atoms with Crippen molar-refractivity contribution < 1.29 is 19.0 Å². The van der Waals surface area contributed by atoms with Crippen LogP contribution in [0, 0.1) is 22.0 Å². The zero-order valence-electron chi connectivity index (χ0n) is 15.0. The molecule has 1 aromatic carbocycles. The van der Waals surface area contributed by atoms with E-state index in [0.717, 1.165) is 0 Å². The maximum atomic E-state index is 12.4. The van der Waals surface area contributed by atoms with Gasteiger partial charge in [0.2, 0.25) is 23.5 Å². The third-order valence-corrected chi connectivity index (χ3v) is 5.15. The molecule has 9 nitrogen and oxygen atoms in total. The molecular weight excluding hydrogens is 364 g/mol. The van der Waals surface area contributed by atoms with E-state index in [2.05, 4.69) is 10.1 Å². The Morgan fingerprint density at radius 3 is 2.57 bits per heavy atom. The van der Waals surface area contributed by atoms with Crippen LogP contribution in [0.4, 0.5) is 5.69 Å². The first-order valence-corrected chi connectivity index (χ1v) is 9.12. The van der Waals surface area contributed by atoms with Crippen molar-refractivity contribution in [2.24, 2.45) is 11.8 Å². The molecule has 2 aliphatic rings. The Hall–Kier alpha value is -3.36. The van der Waals surface area contributed by atoms with E-state index in [-0.39, 0.29) is 35.2 Å². The average molecular weight is 382 g/mol. The molecule has 2 aromatic rings. The predicted octanol–water partition coefficient (Wildman–Crippen LogP) is 2.53. The van der Waals surface area contributed by atoms with Crippen LogP contribution in [0.3, 0.4) is 0 Å². The van der Waals surface area contributed by atoms with Gasteiger partial charge < -0.3 is 4.52 Å². The van der Waals surface area contributed by atoms with Crippen LogP contribution < -0.4 is 0 Å². The second-order valence-electron chi connectivity index (χ2n) is 6.91. The Balaban J connectivity index is 1.37. The minimum atomic E-state index is -0.484. The maximum absolute atomic E-state index is 12.4.